The first-order valence-corrected chi connectivity index (χ1v) is 12.1. The molecule has 2 heterocycles. The standard InChI is InChI=1S/C27H34N4O4/c1-17(2)16-33-22-12-11-19-14-21(10-9-20(19)15-22)24-29-25(35-30-24)23-8-7-13-31(23)18(3)28-26(32)34-27(4,5)6/h9-12,14-15,17,23H,7-8,13,16H2,1-6H3/t23-/m0/s1. The Balaban J connectivity index is 1.51. The van der Waals surface area contributed by atoms with E-state index in [-0.39, 0.29) is 6.04 Å². The summed E-state index contributed by atoms with van der Waals surface area (Å²) in [6.07, 6.45) is 1.20. The van der Waals surface area contributed by atoms with Crippen molar-refractivity contribution in [1.29, 1.82) is 0 Å². The molecule has 3 aromatic rings. The third kappa shape index (κ3) is 6.18. The number of likely N-dealkylation sites (tertiary alicyclic amines) is 1. The van der Waals surface area contributed by atoms with Crippen LogP contribution >= 0.6 is 0 Å². The average molecular weight is 479 g/mol. The molecule has 0 unspecified atom stereocenters. The number of amides is 1. The Labute approximate surface area is 206 Å². The zero-order valence-corrected chi connectivity index (χ0v) is 21.4. The van der Waals surface area contributed by atoms with Gasteiger partial charge in [0.05, 0.1) is 6.61 Å². The first-order valence-electron chi connectivity index (χ1n) is 12.1. The molecule has 2 aromatic carbocycles. The predicted molar refractivity (Wildman–Crippen MR) is 136 cm³/mol. The lowest BCUT2D eigenvalue weighted by Gasteiger charge is -2.24. The van der Waals surface area contributed by atoms with Gasteiger partial charge in [-0.3, -0.25) is 0 Å². The second-order valence-electron chi connectivity index (χ2n) is 10.4. The van der Waals surface area contributed by atoms with Crippen LogP contribution in [0.4, 0.5) is 4.79 Å². The molecule has 1 aliphatic rings. The van der Waals surface area contributed by atoms with Gasteiger partial charge in [0.1, 0.15) is 23.2 Å². The van der Waals surface area contributed by atoms with E-state index >= 15 is 0 Å². The molecule has 1 aromatic heterocycles. The van der Waals surface area contributed by atoms with Crippen LogP contribution in [-0.4, -0.2) is 45.7 Å². The molecule has 0 radical (unpaired) electrons. The second kappa shape index (κ2) is 10.1. The quantitative estimate of drug-likeness (QED) is 0.309. The lowest BCUT2D eigenvalue weighted by Crippen LogP contribution is -2.30. The molecule has 1 saturated heterocycles. The molecule has 0 saturated carbocycles. The zero-order chi connectivity index (χ0) is 25.2. The molecule has 1 amide bonds. The van der Waals surface area contributed by atoms with Crippen molar-refractivity contribution in [3.05, 3.63) is 42.3 Å². The Morgan fingerprint density at radius 3 is 2.69 bits per heavy atom. The molecule has 4 rings (SSSR count). The number of hydrogen-bond donors (Lipinski definition) is 0. The van der Waals surface area contributed by atoms with Crippen LogP contribution in [0.5, 0.6) is 5.75 Å². The monoisotopic (exact) mass is 478 g/mol. The normalized spacial score (nSPS) is 16.8. The van der Waals surface area contributed by atoms with E-state index < -0.39 is 11.7 Å². The van der Waals surface area contributed by atoms with Crippen LogP contribution in [0.1, 0.15) is 66.3 Å². The number of aliphatic imine (C=N–C) groups is 1. The molecule has 1 atom stereocenters. The Bertz CT molecular complexity index is 1230. The number of rotatable bonds is 5. The fraction of sp³-hybridized carbons (Fsp3) is 0.481. The van der Waals surface area contributed by atoms with Gasteiger partial charge in [-0.2, -0.15) is 9.98 Å². The number of fused-ring (bicyclic) bond motifs is 1. The topological polar surface area (TPSA) is 90.0 Å². The highest BCUT2D eigenvalue weighted by atomic mass is 16.6. The van der Waals surface area contributed by atoms with E-state index in [4.69, 9.17) is 19.0 Å². The van der Waals surface area contributed by atoms with Crippen LogP contribution in [0.2, 0.25) is 0 Å². The van der Waals surface area contributed by atoms with Crippen molar-refractivity contribution in [2.75, 3.05) is 13.2 Å². The summed E-state index contributed by atoms with van der Waals surface area (Å²) in [7, 11) is 0. The maximum absolute atomic E-state index is 12.2. The van der Waals surface area contributed by atoms with Crippen molar-refractivity contribution in [2.24, 2.45) is 10.9 Å². The molecule has 1 aliphatic heterocycles. The summed E-state index contributed by atoms with van der Waals surface area (Å²) in [4.78, 5) is 23.0. The van der Waals surface area contributed by atoms with Gasteiger partial charge in [-0.15, -0.1) is 0 Å². The fourth-order valence-electron chi connectivity index (χ4n) is 4.10. The number of hydrogen-bond acceptors (Lipinski definition) is 6. The fourth-order valence-corrected chi connectivity index (χ4v) is 4.10. The smallest absolute Gasteiger partial charge is 0.435 e. The van der Waals surface area contributed by atoms with Crippen molar-refractivity contribution < 1.29 is 18.8 Å². The van der Waals surface area contributed by atoms with Gasteiger partial charge < -0.3 is 18.9 Å². The van der Waals surface area contributed by atoms with E-state index in [0.29, 0.717) is 30.1 Å². The number of aromatic nitrogens is 2. The number of nitrogens with zero attached hydrogens (tertiary/aromatic N) is 4. The van der Waals surface area contributed by atoms with Gasteiger partial charge in [-0.1, -0.05) is 37.2 Å². The molecule has 0 bridgehead atoms. The van der Waals surface area contributed by atoms with Gasteiger partial charge in [0, 0.05) is 12.1 Å². The lowest BCUT2D eigenvalue weighted by molar-refractivity contribution is 0.0601. The first-order chi connectivity index (χ1) is 16.6. The number of ether oxygens (including phenoxy) is 2. The Morgan fingerprint density at radius 1 is 1.20 bits per heavy atom. The van der Waals surface area contributed by atoms with Crippen molar-refractivity contribution in [2.45, 2.75) is 66.0 Å². The third-order valence-electron chi connectivity index (χ3n) is 5.70. The summed E-state index contributed by atoms with van der Waals surface area (Å²) in [5.41, 5.74) is 0.293. The lowest BCUT2D eigenvalue weighted by atomic mass is 10.1. The third-order valence-corrected chi connectivity index (χ3v) is 5.70. The highest BCUT2D eigenvalue weighted by Crippen LogP contribution is 2.33. The summed E-state index contributed by atoms with van der Waals surface area (Å²) >= 11 is 0. The Hall–Kier alpha value is -3.42. The molecule has 8 nitrogen and oxygen atoms in total. The van der Waals surface area contributed by atoms with Gasteiger partial charge >= 0.3 is 6.09 Å². The summed E-state index contributed by atoms with van der Waals surface area (Å²) < 4.78 is 16.8. The Kier molecular flexibility index (Phi) is 7.10. The molecular weight excluding hydrogens is 444 g/mol. The maximum Gasteiger partial charge on any atom is 0.435 e. The van der Waals surface area contributed by atoms with Crippen LogP contribution in [0.15, 0.2) is 45.9 Å². The SMILES string of the molecule is CC(=NC(=O)OC(C)(C)C)N1CCC[C@H]1c1nc(-c2ccc3cc(OCC(C)C)ccc3c2)no1. The van der Waals surface area contributed by atoms with E-state index in [1.807, 2.05) is 62.9 Å². The minimum absolute atomic E-state index is 0.122. The van der Waals surface area contributed by atoms with Crippen LogP contribution in [0.25, 0.3) is 22.2 Å². The molecule has 0 aliphatic carbocycles. The minimum atomic E-state index is -0.596. The zero-order valence-electron chi connectivity index (χ0n) is 21.4. The van der Waals surface area contributed by atoms with Crippen molar-refractivity contribution in [1.82, 2.24) is 15.0 Å². The van der Waals surface area contributed by atoms with Crippen LogP contribution in [-0.2, 0) is 4.74 Å². The van der Waals surface area contributed by atoms with Crippen LogP contribution < -0.4 is 4.74 Å². The maximum atomic E-state index is 12.2. The molecule has 186 valence electrons. The summed E-state index contributed by atoms with van der Waals surface area (Å²) in [6, 6.07) is 12.0. The second-order valence-corrected chi connectivity index (χ2v) is 10.4. The van der Waals surface area contributed by atoms with E-state index in [9.17, 15) is 4.79 Å². The van der Waals surface area contributed by atoms with Gasteiger partial charge in [-0.25, -0.2) is 4.79 Å². The van der Waals surface area contributed by atoms with E-state index in [0.717, 1.165) is 41.5 Å². The molecule has 0 spiro atoms. The summed E-state index contributed by atoms with van der Waals surface area (Å²) in [6.45, 7) is 13.0. The van der Waals surface area contributed by atoms with E-state index in [1.165, 1.54) is 0 Å². The molecule has 1 fully saturated rings. The van der Waals surface area contributed by atoms with Crippen LogP contribution in [0.3, 0.4) is 0 Å². The van der Waals surface area contributed by atoms with E-state index in [2.05, 4.69) is 30.1 Å². The molecule has 8 heteroatoms. The molecular formula is C27H34N4O4. The molecule has 0 N–H and O–H groups in total. The molecule has 35 heavy (non-hydrogen) atoms. The number of carbonyl (C=O) groups is 1. The minimum Gasteiger partial charge on any atom is -0.493 e. The highest BCUT2D eigenvalue weighted by molar-refractivity contribution is 5.90. The van der Waals surface area contributed by atoms with Gasteiger partial charge in [0.2, 0.25) is 11.7 Å². The average Bonchev–Trinajstić information content (AvgIpc) is 3.45. The number of amidine groups is 1. The summed E-state index contributed by atoms with van der Waals surface area (Å²) in [5.74, 6) is 2.99. The summed E-state index contributed by atoms with van der Waals surface area (Å²) in [5, 5.41) is 6.41. The van der Waals surface area contributed by atoms with Crippen LogP contribution in [0, 0.1) is 5.92 Å². The van der Waals surface area contributed by atoms with Gasteiger partial charge in [-0.05, 0) is 75.4 Å². The number of benzene rings is 2. The van der Waals surface area contributed by atoms with Crippen molar-refractivity contribution >= 4 is 22.7 Å². The van der Waals surface area contributed by atoms with E-state index in [1.54, 1.807) is 0 Å². The highest BCUT2D eigenvalue weighted by Gasteiger charge is 2.32. The predicted octanol–water partition coefficient (Wildman–Crippen LogP) is 6.42. The van der Waals surface area contributed by atoms with Crippen molar-refractivity contribution in [3.63, 3.8) is 0 Å². The first kappa shape index (κ1) is 24.7. The Morgan fingerprint density at radius 2 is 1.94 bits per heavy atom. The van der Waals surface area contributed by atoms with Gasteiger partial charge in [0.15, 0.2) is 0 Å². The van der Waals surface area contributed by atoms with Crippen molar-refractivity contribution in [3.8, 4) is 17.1 Å². The largest absolute Gasteiger partial charge is 0.493 e. The van der Waals surface area contributed by atoms with Gasteiger partial charge in [0.25, 0.3) is 0 Å². The number of carbonyl (C=O) groups excluding carboxylic acids is 1.